The first kappa shape index (κ1) is 22.9. The van der Waals surface area contributed by atoms with Crippen LogP contribution in [0.4, 0.5) is 0 Å². The molecule has 0 spiro atoms. The van der Waals surface area contributed by atoms with Crippen LogP contribution in [0.15, 0.2) is 53.2 Å². The number of nitrogens with zero attached hydrogens (tertiary/aromatic N) is 1. The van der Waals surface area contributed by atoms with Crippen molar-refractivity contribution in [3.63, 3.8) is 0 Å². The molecule has 34 heavy (non-hydrogen) atoms. The second-order valence-corrected chi connectivity index (χ2v) is 10.7. The van der Waals surface area contributed by atoms with Crippen molar-refractivity contribution < 1.29 is 19.1 Å². The van der Waals surface area contributed by atoms with Crippen molar-refractivity contribution in [2.24, 2.45) is 0 Å². The summed E-state index contributed by atoms with van der Waals surface area (Å²) < 4.78 is 11.0. The fourth-order valence-electron chi connectivity index (χ4n) is 4.62. The Bertz CT molecular complexity index is 1110. The van der Waals surface area contributed by atoms with Crippen LogP contribution in [0, 0.1) is 0 Å². The largest absolute Gasteiger partial charge is 0.454 e. The van der Waals surface area contributed by atoms with Crippen molar-refractivity contribution in [3.05, 3.63) is 68.5 Å². The summed E-state index contributed by atoms with van der Waals surface area (Å²) in [5, 5.41) is 7.19. The first-order chi connectivity index (χ1) is 16.7. The van der Waals surface area contributed by atoms with Crippen molar-refractivity contribution in [1.29, 1.82) is 0 Å². The highest BCUT2D eigenvalue weighted by molar-refractivity contribution is 7.10. The lowest BCUT2D eigenvalue weighted by Gasteiger charge is -2.33. The van der Waals surface area contributed by atoms with Gasteiger partial charge in [-0.1, -0.05) is 37.5 Å². The van der Waals surface area contributed by atoms with Crippen molar-refractivity contribution in [1.82, 2.24) is 10.2 Å². The molecule has 0 saturated heterocycles. The number of hydrogen-bond donors (Lipinski definition) is 1. The third-order valence-corrected chi connectivity index (χ3v) is 8.14. The molecule has 1 aliphatic heterocycles. The van der Waals surface area contributed by atoms with Gasteiger partial charge in [-0.25, -0.2) is 0 Å². The van der Waals surface area contributed by atoms with Crippen LogP contribution in [0.5, 0.6) is 11.5 Å². The molecule has 1 N–H and O–H groups in total. The number of carbonyl (C=O) groups is 2. The van der Waals surface area contributed by atoms with Crippen LogP contribution in [0.3, 0.4) is 0 Å². The first-order valence-corrected chi connectivity index (χ1v) is 13.5. The number of rotatable bonds is 8. The molecule has 2 aliphatic rings. The molecule has 1 atom stereocenters. The zero-order valence-corrected chi connectivity index (χ0v) is 20.5. The smallest absolute Gasteiger partial charge is 0.248 e. The molecule has 1 aliphatic carbocycles. The average Bonchev–Trinajstić information content (AvgIpc) is 3.62. The van der Waals surface area contributed by atoms with Crippen molar-refractivity contribution in [3.8, 4) is 11.5 Å². The number of amides is 2. The Morgan fingerprint density at radius 1 is 1.00 bits per heavy atom. The fraction of sp³-hybridized carbons (Fsp3) is 0.385. The monoisotopic (exact) mass is 496 g/mol. The van der Waals surface area contributed by atoms with E-state index in [2.05, 4.69) is 5.32 Å². The number of thiophene rings is 2. The molecular weight excluding hydrogens is 468 g/mol. The van der Waals surface area contributed by atoms with E-state index in [1.807, 2.05) is 53.2 Å². The molecule has 3 heterocycles. The van der Waals surface area contributed by atoms with Crippen LogP contribution in [0.2, 0.25) is 0 Å². The van der Waals surface area contributed by atoms with E-state index >= 15 is 0 Å². The minimum Gasteiger partial charge on any atom is -0.454 e. The third-order valence-electron chi connectivity index (χ3n) is 6.34. The second-order valence-electron chi connectivity index (χ2n) is 8.73. The van der Waals surface area contributed by atoms with Crippen LogP contribution in [0.25, 0.3) is 0 Å². The summed E-state index contributed by atoms with van der Waals surface area (Å²) in [7, 11) is 0. The van der Waals surface area contributed by atoms with Gasteiger partial charge >= 0.3 is 0 Å². The Morgan fingerprint density at radius 3 is 2.56 bits per heavy atom. The van der Waals surface area contributed by atoms with Gasteiger partial charge in [0, 0.05) is 22.3 Å². The highest BCUT2D eigenvalue weighted by Gasteiger charge is 2.34. The lowest BCUT2D eigenvalue weighted by molar-refractivity contribution is -0.141. The standard InChI is InChI=1S/C26H28N2O4S2/c29-24(15-20-8-4-12-33-20)28(16-18-10-11-21-22(14-18)32-17-31-21)25(23-9-5-13-34-23)26(30)27-19-6-2-1-3-7-19/h4-5,8-14,19,25H,1-3,6-7,15-17H2,(H,27,30)/t25-/m1/s1. The minimum atomic E-state index is -0.681. The molecule has 3 aromatic rings. The molecule has 8 heteroatoms. The molecule has 2 aromatic heterocycles. The summed E-state index contributed by atoms with van der Waals surface area (Å²) in [6.07, 6.45) is 5.74. The van der Waals surface area contributed by atoms with E-state index in [4.69, 9.17) is 9.47 Å². The van der Waals surface area contributed by atoms with Gasteiger partial charge in [0.05, 0.1) is 6.42 Å². The molecule has 1 saturated carbocycles. The number of benzene rings is 1. The predicted octanol–water partition coefficient (Wildman–Crippen LogP) is 5.30. The van der Waals surface area contributed by atoms with Gasteiger partial charge in [0.25, 0.3) is 0 Å². The van der Waals surface area contributed by atoms with Crippen LogP contribution in [-0.2, 0) is 22.6 Å². The molecule has 2 amide bonds. The quantitative estimate of drug-likeness (QED) is 0.460. The molecule has 1 fully saturated rings. The van der Waals surface area contributed by atoms with E-state index in [9.17, 15) is 9.59 Å². The van der Waals surface area contributed by atoms with Gasteiger partial charge in [-0.2, -0.15) is 0 Å². The van der Waals surface area contributed by atoms with E-state index in [0.717, 1.165) is 41.0 Å². The van der Waals surface area contributed by atoms with Crippen molar-refractivity contribution in [2.45, 2.75) is 57.2 Å². The maximum Gasteiger partial charge on any atom is 0.248 e. The van der Waals surface area contributed by atoms with Gasteiger partial charge in [0.1, 0.15) is 6.04 Å². The lowest BCUT2D eigenvalue weighted by atomic mass is 9.95. The predicted molar refractivity (Wildman–Crippen MR) is 133 cm³/mol. The van der Waals surface area contributed by atoms with Crippen LogP contribution < -0.4 is 14.8 Å². The maximum atomic E-state index is 13.7. The molecule has 0 unspecified atom stereocenters. The van der Waals surface area contributed by atoms with Crippen LogP contribution >= 0.6 is 22.7 Å². The van der Waals surface area contributed by atoms with Crippen molar-refractivity contribution in [2.75, 3.05) is 6.79 Å². The zero-order chi connectivity index (χ0) is 23.3. The first-order valence-electron chi connectivity index (χ1n) is 11.7. The number of fused-ring (bicyclic) bond motifs is 1. The summed E-state index contributed by atoms with van der Waals surface area (Å²) in [5.41, 5.74) is 0.899. The van der Waals surface area contributed by atoms with E-state index in [1.54, 1.807) is 16.2 Å². The number of carbonyl (C=O) groups excluding carboxylic acids is 2. The summed E-state index contributed by atoms with van der Waals surface area (Å²) in [4.78, 5) is 31.0. The minimum absolute atomic E-state index is 0.0719. The van der Waals surface area contributed by atoms with Crippen LogP contribution in [0.1, 0.15) is 53.5 Å². The average molecular weight is 497 g/mol. The summed E-state index contributed by atoms with van der Waals surface area (Å²) in [6.45, 7) is 0.503. The second kappa shape index (κ2) is 10.6. The molecule has 0 bridgehead atoms. The highest BCUT2D eigenvalue weighted by Crippen LogP contribution is 2.35. The van der Waals surface area contributed by atoms with Gasteiger partial charge in [-0.15, -0.1) is 22.7 Å². The molecule has 5 rings (SSSR count). The lowest BCUT2D eigenvalue weighted by Crippen LogP contribution is -2.47. The molecular formula is C26H28N2O4S2. The molecule has 178 valence electrons. The van der Waals surface area contributed by atoms with Gasteiger partial charge in [0.2, 0.25) is 18.6 Å². The van der Waals surface area contributed by atoms with E-state index in [0.29, 0.717) is 18.0 Å². The Hall–Kier alpha value is -2.84. The van der Waals surface area contributed by atoms with Gasteiger partial charge in [-0.3, -0.25) is 9.59 Å². The number of hydrogen-bond acceptors (Lipinski definition) is 6. The molecule has 1 aromatic carbocycles. The zero-order valence-electron chi connectivity index (χ0n) is 18.9. The Morgan fingerprint density at radius 2 is 1.79 bits per heavy atom. The third kappa shape index (κ3) is 5.28. The Kier molecular flexibility index (Phi) is 7.16. The summed E-state index contributed by atoms with van der Waals surface area (Å²) >= 11 is 3.06. The van der Waals surface area contributed by atoms with Crippen molar-refractivity contribution >= 4 is 34.5 Å². The SMILES string of the molecule is O=C(NC1CCCCC1)[C@@H](c1cccs1)N(Cc1ccc2c(c1)OCO2)C(=O)Cc1cccs1. The summed E-state index contributed by atoms with van der Waals surface area (Å²) in [5.74, 6) is 1.19. The maximum absolute atomic E-state index is 13.7. The van der Waals surface area contributed by atoms with Gasteiger partial charge < -0.3 is 19.7 Å². The van der Waals surface area contributed by atoms with Gasteiger partial charge in [0.15, 0.2) is 11.5 Å². The number of nitrogens with one attached hydrogen (secondary N) is 1. The highest BCUT2D eigenvalue weighted by atomic mass is 32.1. The van der Waals surface area contributed by atoms with Gasteiger partial charge in [-0.05, 0) is 53.4 Å². The fourth-order valence-corrected chi connectivity index (χ4v) is 6.15. The normalized spacial score (nSPS) is 16.2. The van der Waals surface area contributed by atoms with Crippen LogP contribution in [-0.4, -0.2) is 29.5 Å². The van der Waals surface area contributed by atoms with E-state index in [-0.39, 0.29) is 31.1 Å². The van der Waals surface area contributed by atoms with E-state index < -0.39 is 6.04 Å². The number of ether oxygens (including phenoxy) is 2. The Labute approximate surface area is 207 Å². The van der Waals surface area contributed by atoms with E-state index in [1.165, 1.54) is 17.8 Å². The molecule has 6 nitrogen and oxygen atoms in total. The Balaban J connectivity index is 1.45. The topological polar surface area (TPSA) is 67.9 Å². The summed E-state index contributed by atoms with van der Waals surface area (Å²) in [6, 6.07) is 13.0. The molecule has 0 radical (unpaired) electrons.